The van der Waals surface area contributed by atoms with E-state index in [1.165, 1.54) is 22.7 Å². The number of likely N-dealkylation sites (tertiary alicyclic amines) is 1. The molecule has 1 fully saturated rings. The number of carboxylic acids is 1. The molecule has 6 nitrogen and oxygen atoms in total. The minimum absolute atomic E-state index is 0.365. The highest BCUT2D eigenvalue weighted by Gasteiger charge is 2.30. The van der Waals surface area contributed by atoms with Crippen molar-refractivity contribution in [2.24, 2.45) is 5.92 Å². The van der Waals surface area contributed by atoms with E-state index in [-0.39, 0.29) is 6.04 Å². The fourth-order valence-corrected chi connectivity index (χ4v) is 5.69. The molecule has 0 amide bonds. The van der Waals surface area contributed by atoms with Crippen molar-refractivity contribution >= 4 is 17.5 Å². The molecule has 1 aliphatic heterocycles. The number of aliphatic carboxylic acids is 1. The van der Waals surface area contributed by atoms with Gasteiger partial charge >= 0.3 is 5.97 Å². The van der Waals surface area contributed by atoms with E-state index in [1.54, 1.807) is 0 Å². The van der Waals surface area contributed by atoms with Crippen LogP contribution >= 0.6 is 11.5 Å². The van der Waals surface area contributed by atoms with Crippen molar-refractivity contribution in [3.05, 3.63) is 58.7 Å². The molecule has 0 bridgehead atoms. The van der Waals surface area contributed by atoms with Crippen LogP contribution in [-0.4, -0.2) is 44.5 Å². The molecule has 0 aliphatic carbocycles. The van der Waals surface area contributed by atoms with Crippen molar-refractivity contribution in [3.8, 4) is 28.0 Å². The van der Waals surface area contributed by atoms with Crippen molar-refractivity contribution in [2.75, 3.05) is 13.1 Å². The molecule has 0 saturated carbocycles. The summed E-state index contributed by atoms with van der Waals surface area (Å²) in [4.78, 5) is 18.5. The van der Waals surface area contributed by atoms with Gasteiger partial charge in [-0.25, -0.2) is 4.98 Å². The van der Waals surface area contributed by atoms with Crippen LogP contribution in [0.15, 0.2) is 36.4 Å². The summed E-state index contributed by atoms with van der Waals surface area (Å²) in [6, 6.07) is 14.2. The molecular weight excluding hydrogens is 456 g/mol. The lowest BCUT2D eigenvalue weighted by Gasteiger charge is -2.22. The minimum Gasteiger partial charge on any atom is -0.480 e. The molecule has 4 rings (SSSR count). The zero-order valence-electron chi connectivity index (χ0n) is 20.6. The maximum Gasteiger partial charge on any atom is 0.320 e. The Hall–Kier alpha value is -3.08. The van der Waals surface area contributed by atoms with Gasteiger partial charge in [-0.2, -0.15) is 9.64 Å². The van der Waals surface area contributed by atoms with Crippen LogP contribution in [0, 0.1) is 17.2 Å². The summed E-state index contributed by atoms with van der Waals surface area (Å²) in [5, 5.41) is 19.9. The second kappa shape index (κ2) is 11.1. The molecule has 3 aromatic rings. The lowest BCUT2D eigenvalue weighted by atomic mass is 9.96. The van der Waals surface area contributed by atoms with Crippen LogP contribution in [-0.2, 0) is 24.1 Å². The minimum atomic E-state index is -0.719. The number of nitrogens with zero attached hydrogens (tertiary/aromatic N) is 4. The Balaban J connectivity index is 1.57. The number of carbonyl (C=O) groups is 1. The van der Waals surface area contributed by atoms with Gasteiger partial charge in [-0.3, -0.25) is 9.69 Å². The third kappa shape index (κ3) is 5.61. The van der Waals surface area contributed by atoms with Gasteiger partial charge in [-0.05, 0) is 78.9 Å². The monoisotopic (exact) mass is 488 g/mol. The molecule has 7 heteroatoms. The second-order valence-corrected chi connectivity index (χ2v) is 10.3. The zero-order chi connectivity index (χ0) is 24.9. The van der Waals surface area contributed by atoms with Gasteiger partial charge in [0.1, 0.15) is 11.0 Å². The molecular formula is C28H32N4O2S. The van der Waals surface area contributed by atoms with Crippen LogP contribution in [0.5, 0.6) is 0 Å². The molecule has 2 heterocycles. The number of nitriles is 1. The number of rotatable bonds is 9. The Morgan fingerprint density at radius 1 is 1.29 bits per heavy atom. The third-order valence-corrected chi connectivity index (χ3v) is 7.48. The van der Waals surface area contributed by atoms with Crippen molar-refractivity contribution in [1.29, 1.82) is 5.26 Å². The first-order valence-corrected chi connectivity index (χ1v) is 13.1. The topological polar surface area (TPSA) is 90.1 Å². The van der Waals surface area contributed by atoms with E-state index >= 15 is 0 Å². The summed E-state index contributed by atoms with van der Waals surface area (Å²) in [5.74, 6) is 0.474. The standard InChI is InChI=1S/C28H32N4O2S/c1-4-23-19(12-14-32-13-6-9-25(32)28(33)34)7-5-8-24(23)26-30-27(35-31-26)21-11-10-20(15-18(2)3)22(16-21)17-29/h5,7-8,10-11,16,18,25H,4,6,9,12-15H2,1-3H3,(H,33,34)/t25-/m1/s1. The maximum absolute atomic E-state index is 11.5. The SMILES string of the molecule is CCc1c(CCN2CCC[C@@H]2C(=O)O)cccc1-c1nsc(-c2ccc(CC(C)C)c(C#N)c2)n1. The molecule has 1 atom stereocenters. The van der Waals surface area contributed by atoms with Gasteiger partial charge in [0.15, 0.2) is 5.82 Å². The molecule has 1 aliphatic rings. The van der Waals surface area contributed by atoms with Gasteiger partial charge in [0.2, 0.25) is 0 Å². The largest absolute Gasteiger partial charge is 0.480 e. The first-order valence-electron chi connectivity index (χ1n) is 12.4. The van der Waals surface area contributed by atoms with Crippen molar-refractivity contribution in [3.63, 3.8) is 0 Å². The van der Waals surface area contributed by atoms with Crippen LogP contribution in [0.2, 0.25) is 0 Å². The van der Waals surface area contributed by atoms with Crippen LogP contribution < -0.4 is 0 Å². The molecule has 0 unspecified atom stereocenters. The summed E-state index contributed by atoms with van der Waals surface area (Å²) in [7, 11) is 0. The van der Waals surface area contributed by atoms with Gasteiger partial charge in [0.05, 0.1) is 11.6 Å². The zero-order valence-corrected chi connectivity index (χ0v) is 21.4. The summed E-state index contributed by atoms with van der Waals surface area (Å²) in [6.07, 6.45) is 4.20. The van der Waals surface area contributed by atoms with Crippen molar-refractivity contribution in [1.82, 2.24) is 14.3 Å². The van der Waals surface area contributed by atoms with Gasteiger partial charge in [0.25, 0.3) is 0 Å². The summed E-state index contributed by atoms with van der Waals surface area (Å²) < 4.78 is 4.67. The highest BCUT2D eigenvalue weighted by atomic mass is 32.1. The van der Waals surface area contributed by atoms with Gasteiger partial charge in [-0.1, -0.05) is 51.1 Å². The molecule has 35 heavy (non-hydrogen) atoms. The highest BCUT2D eigenvalue weighted by molar-refractivity contribution is 7.09. The van der Waals surface area contributed by atoms with Crippen LogP contribution in [0.3, 0.4) is 0 Å². The van der Waals surface area contributed by atoms with Crippen molar-refractivity contribution in [2.45, 2.75) is 58.9 Å². The predicted octanol–water partition coefficient (Wildman–Crippen LogP) is 5.60. The van der Waals surface area contributed by atoms with Gasteiger partial charge in [0, 0.05) is 17.7 Å². The average Bonchev–Trinajstić information content (AvgIpc) is 3.52. The third-order valence-electron chi connectivity index (χ3n) is 6.72. The molecule has 2 aromatic carbocycles. The summed E-state index contributed by atoms with van der Waals surface area (Å²) in [5.41, 5.74) is 6.15. The van der Waals surface area contributed by atoms with E-state index in [0.717, 1.165) is 66.9 Å². The molecule has 182 valence electrons. The van der Waals surface area contributed by atoms with E-state index in [1.807, 2.05) is 24.3 Å². The Morgan fingerprint density at radius 3 is 2.83 bits per heavy atom. The highest BCUT2D eigenvalue weighted by Crippen LogP contribution is 2.31. The summed E-state index contributed by atoms with van der Waals surface area (Å²) in [6.45, 7) is 8.03. The lowest BCUT2D eigenvalue weighted by Crippen LogP contribution is -2.37. The number of benzene rings is 2. The first-order chi connectivity index (χ1) is 16.9. The maximum atomic E-state index is 11.5. The molecule has 0 spiro atoms. The average molecular weight is 489 g/mol. The molecule has 0 radical (unpaired) electrons. The van der Waals surface area contributed by atoms with E-state index < -0.39 is 5.97 Å². The second-order valence-electron chi connectivity index (χ2n) is 9.58. The van der Waals surface area contributed by atoms with Gasteiger partial charge in [-0.15, -0.1) is 0 Å². The smallest absolute Gasteiger partial charge is 0.320 e. The van der Waals surface area contributed by atoms with Crippen molar-refractivity contribution < 1.29 is 9.90 Å². The molecule has 1 N–H and O–H groups in total. The van der Waals surface area contributed by atoms with Crippen LogP contribution in [0.1, 0.15) is 55.9 Å². The van der Waals surface area contributed by atoms with E-state index in [0.29, 0.717) is 17.3 Å². The quantitative estimate of drug-likeness (QED) is 0.422. The van der Waals surface area contributed by atoms with Crippen LogP contribution in [0.4, 0.5) is 0 Å². The van der Waals surface area contributed by atoms with Gasteiger partial charge < -0.3 is 5.11 Å². The normalized spacial score (nSPS) is 16.0. The summed E-state index contributed by atoms with van der Waals surface area (Å²) >= 11 is 1.35. The van der Waals surface area contributed by atoms with E-state index in [4.69, 9.17) is 4.98 Å². The van der Waals surface area contributed by atoms with E-state index in [9.17, 15) is 15.2 Å². The molecule has 1 aromatic heterocycles. The number of carboxylic acid groups (broad SMARTS) is 1. The molecule has 1 saturated heterocycles. The fraction of sp³-hybridized carbons (Fsp3) is 0.429. The Labute approximate surface area is 211 Å². The number of hydrogen-bond acceptors (Lipinski definition) is 6. The van der Waals surface area contributed by atoms with Crippen LogP contribution in [0.25, 0.3) is 22.0 Å². The number of aromatic nitrogens is 2. The Kier molecular flexibility index (Phi) is 7.94. The van der Waals surface area contributed by atoms with E-state index in [2.05, 4.69) is 48.2 Å². The Morgan fingerprint density at radius 2 is 2.11 bits per heavy atom. The Bertz CT molecular complexity index is 1240. The lowest BCUT2D eigenvalue weighted by molar-refractivity contribution is -0.142. The first kappa shape index (κ1) is 25.0. The number of hydrogen-bond donors (Lipinski definition) is 1. The fourth-order valence-electron chi connectivity index (χ4n) is 5.01. The predicted molar refractivity (Wildman–Crippen MR) is 139 cm³/mol.